The summed E-state index contributed by atoms with van der Waals surface area (Å²) in [6, 6.07) is 22.2. The summed E-state index contributed by atoms with van der Waals surface area (Å²) in [7, 11) is 0. The van der Waals surface area contributed by atoms with Crippen molar-refractivity contribution in [3.63, 3.8) is 0 Å². The Morgan fingerprint density at radius 3 is 2.12 bits per heavy atom. The van der Waals surface area contributed by atoms with E-state index in [1.807, 2.05) is 18.2 Å². The highest BCUT2D eigenvalue weighted by Crippen LogP contribution is 2.19. The molecule has 0 aliphatic rings. The second-order valence-corrected chi connectivity index (χ2v) is 5.32. The Balaban J connectivity index is 1.80. The average molecular weight is 330 g/mol. The monoisotopic (exact) mass is 330 g/mol. The van der Waals surface area contributed by atoms with E-state index in [4.69, 9.17) is 0 Å². The van der Waals surface area contributed by atoms with Gasteiger partial charge in [0, 0.05) is 23.4 Å². The molecule has 0 radical (unpaired) electrons. The van der Waals surface area contributed by atoms with Crippen molar-refractivity contribution < 1.29 is 9.72 Å². The largest absolute Gasteiger partial charge is 0.289 e. The van der Waals surface area contributed by atoms with Gasteiger partial charge in [0.25, 0.3) is 5.69 Å². The molecule has 0 atom stereocenters. The van der Waals surface area contributed by atoms with Gasteiger partial charge in [0.1, 0.15) is 0 Å². The molecule has 122 valence electrons. The van der Waals surface area contributed by atoms with Crippen LogP contribution in [0.3, 0.4) is 0 Å². The molecule has 0 aliphatic heterocycles. The Morgan fingerprint density at radius 1 is 0.840 bits per heavy atom. The summed E-state index contributed by atoms with van der Waals surface area (Å²) in [6.45, 7) is 0. The Bertz CT molecular complexity index is 933. The van der Waals surface area contributed by atoms with Crippen LogP contribution in [-0.4, -0.2) is 16.9 Å². The number of nitro groups is 1. The van der Waals surface area contributed by atoms with Crippen LogP contribution in [0.2, 0.25) is 0 Å². The molecule has 5 nitrogen and oxygen atoms in total. The molecule has 3 rings (SSSR count). The second kappa shape index (κ2) is 7.31. The van der Waals surface area contributed by atoms with E-state index < -0.39 is 4.92 Å². The lowest BCUT2D eigenvalue weighted by Crippen LogP contribution is -2.00. The van der Waals surface area contributed by atoms with Gasteiger partial charge in [-0.1, -0.05) is 42.5 Å². The minimum Gasteiger partial charge on any atom is -0.289 e. The van der Waals surface area contributed by atoms with Crippen molar-refractivity contribution in [2.45, 2.75) is 0 Å². The van der Waals surface area contributed by atoms with Crippen molar-refractivity contribution in [2.75, 3.05) is 0 Å². The Kier molecular flexibility index (Phi) is 4.76. The van der Waals surface area contributed by atoms with Crippen LogP contribution in [0, 0.1) is 10.1 Å². The van der Waals surface area contributed by atoms with Crippen molar-refractivity contribution >= 4 is 23.4 Å². The molecule has 5 heteroatoms. The maximum Gasteiger partial charge on any atom is 0.278 e. The summed E-state index contributed by atoms with van der Waals surface area (Å²) in [5.74, 6) is -0.0603. The van der Waals surface area contributed by atoms with Gasteiger partial charge in [-0.2, -0.15) is 0 Å². The molecular formula is C20H14N2O3. The second-order valence-electron chi connectivity index (χ2n) is 5.32. The molecule has 0 fully saturated rings. The van der Waals surface area contributed by atoms with Crippen LogP contribution in [0.15, 0.2) is 83.9 Å². The molecule has 0 N–H and O–H groups in total. The molecule has 25 heavy (non-hydrogen) atoms. The first-order chi connectivity index (χ1) is 12.1. The summed E-state index contributed by atoms with van der Waals surface area (Å²) in [5.41, 5.74) is 2.23. The van der Waals surface area contributed by atoms with Crippen molar-refractivity contribution in [1.29, 1.82) is 0 Å². The third-order valence-corrected chi connectivity index (χ3v) is 3.65. The Hall–Kier alpha value is -3.60. The van der Waals surface area contributed by atoms with Gasteiger partial charge in [0.15, 0.2) is 5.78 Å². The number of nitrogens with zero attached hydrogens (tertiary/aromatic N) is 2. The van der Waals surface area contributed by atoms with E-state index in [2.05, 4.69) is 4.99 Å². The number of aliphatic imine (C=N–C) groups is 1. The molecule has 0 unspecified atom stereocenters. The average Bonchev–Trinajstić information content (AvgIpc) is 2.67. The lowest BCUT2D eigenvalue weighted by molar-refractivity contribution is -0.385. The molecule has 0 amide bonds. The molecule has 0 saturated heterocycles. The predicted octanol–water partition coefficient (Wildman–Crippen LogP) is 4.58. The lowest BCUT2D eigenvalue weighted by Gasteiger charge is -2.01. The van der Waals surface area contributed by atoms with Gasteiger partial charge < -0.3 is 0 Å². The Morgan fingerprint density at radius 2 is 1.44 bits per heavy atom. The maximum atomic E-state index is 12.3. The van der Waals surface area contributed by atoms with Crippen LogP contribution < -0.4 is 0 Å². The molecule has 3 aromatic rings. The molecule has 0 heterocycles. The van der Waals surface area contributed by atoms with Gasteiger partial charge in [-0.05, 0) is 30.3 Å². The van der Waals surface area contributed by atoms with E-state index >= 15 is 0 Å². The topological polar surface area (TPSA) is 72.6 Å². The first-order valence-electron chi connectivity index (χ1n) is 7.62. The molecule has 0 bridgehead atoms. The molecule has 3 aromatic carbocycles. The van der Waals surface area contributed by atoms with Crippen molar-refractivity contribution in [3.8, 4) is 0 Å². The van der Waals surface area contributed by atoms with Crippen LogP contribution in [0.5, 0.6) is 0 Å². The molecule has 0 saturated carbocycles. The summed E-state index contributed by atoms with van der Waals surface area (Å²) >= 11 is 0. The SMILES string of the molecule is O=C(c1ccccc1)c1ccc(N=Cc2ccccc2[N+](=O)[O-])cc1. The minimum atomic E-state index is -0.441. The van der Waals surface area contributed by atoms with Crippen LogP contribution in [0.1, 0.15) is 21.5 Å². The Labute approximate surface area is 144 Å². The van der Waals surface area contributed by atoms with Gasteiger partial charge in [-0.25, -0.2) is 0 Å². The highest BCUT2D eigenvalue weighted by atomic mass is 16.6. The summed E-state index contributed by atoms with van der Waals surface area (Å²) in [6.07, 6.45) is 1.45. The normalized spacial score (nSPS) is 10.7. The fourth-order valence-corrected chi connectivity index (χ4v) is 2.36. The number of hydrogen-bond donors (Lipinski definition) is 0. The quantitative estimate of drug-likeness (QED) is 0.297. The summed E-state index contributed by atoms with van der Waals surface area (Å²) in [5, 5.41) is 11.0. The number of hydrogen-bond acceptors (Lipinski definition) is 4. The smallest absolute Gasteiger partial charge is 0.278 e. The maximum absolute atomic E-state index is 12.3. The zero-order valence-electron chi connectivity index (χ0n) is 13.2. The van der Waals surface area contributed by atoms with E-state index in [1.165, 1.54) is 12.3 Å². The lowest BCUT2D eigenvalue weighted by atomic mass is 10.0. The van der Waals surface area contributed by atoms with E-state index in [-0.39, 0.29) is 11.5 Å². The number of rotatable bonds is 5. The highest BCUT2D eigenvalue weighted by molar-refractivity contribution is 6.09. The van der Waals surface area contributed by atoms with E-state index in [1.54, 1.807) is 54.6 Å². The molecule has 0 aromatic heterocycles. The fourth-order valence-electron chi connectivity index (χ4n) is 2.36. The summed E-state index contributed by atoms with van der Waals surface area (Å²) in [4.78, 5) is 27.1. The van der Waals surface area contributed by atoms with Crippen LogP contribution in [-0.2, 0) is 0 Å². The summed E-state index contributed by atoms with van der Waals surface area (Å²) < 4.78 is 0. The van der Waals surface area contributed by atoms with Gasteiger partial charge >= 0.3 is 0 Å². The third-order valence-electron chi connectivity index (χ3n) is 3.65. The van der Waals surface area contributed by atoms with Gasteiger partial charge in [0.05, 0.1) is 16.2 Å². The predicted molar refractivity (Wildman–Crippen MR) is 96.7 cm³/mol. The van der Waals surface area contributed by atoms with Gasteiger partial charge in [-0.3, -0.25) is 19.9 Å². The number of benzene rings is 3. The van der Waals surface area contributed by atoms with Gasteiger partial charge in [0.2, 0.25) is 0 Å². The number of nitro benzene ring substituents is 1. The van der Waals surface area contributed by atoms with Crippen LogP contribution >= 0.6 is 0 Å². The van der Waals surface area contributed by atoms with Crippen molar-refractivity contribution in [3.05, 3.63) is 106 Å². The first kappa shape index (κ1) is 16.3. The van der Waals surface area contributed by atoms with E-state index in [0.717, 1.165) is 0 Å². The van der Waals surface area contributed by atoms with Gasteiger partial charge in [-0.15, -0.1) is 0 Å². The number of carbonyl (C=O) groups is 1. The van der Waals surface area contributed by atoms with E-state index in [9.17, 15) is 14.9 Å². The van der Waals surface area contributed by atoms with E-state index in [0.29, 0.717) is 22.4 Å². The first-order valence-corrected chi connectivity index (χ1v) is 7.62. The van der Waals surface area contributed by atoms with Crippen LogP contribution in [0.25, 0.3) is 0 Å². The fraction of sp³-hybridized carbons (Fsp3) is 0. The number of para-hydroxylation sites is 1. The third kappa shape index (κ3) is 3.84. The number of ketones is 1. The zero-order chi connectivity index (χ0) is 17.6. The zero-order valence-corrected chi connectivity index (χ0v) is 13.2. The standard InChI is InChI=1S/C20H14N2O3/c23-20(15-6-2-1-3-7-15)16-10-12-18(13-11-16)21-14-17-8-4-5-9-19(17)22(24)25/h1-14H. The molecule has 0 aliphatic carbocycles. The number of carbonyl (C=O) groups excluding carboxylic acids is 1. The molecular weight excluding hydrogens is 316 g/mol. The molecule has 0 spiro atoms. The van der Waals surface area contributed by atoms with Crippen LogP contribution in [0.4, 0.5) is 11.4 Å². The minimum absolute atomic E-state index is 0.00197. The van der Waals surface area contributed by atoms with Crippen molar-refractivity contribution in [1.82, 2.24) is 0 Å². The van der Waals surface area contributed by atoms with Crippen molar-refractivity contribution in [2.24, 2.45) is 4.99 Å². The highest BCUT2D eigenvalue weighted by Gasteiger charge is 2.10.